The predicted molar refractivity (Wildman–Crippen MR) is 57.9 cm³/mol. The Labute approximate surface area is 85.0 Å². The number of ether oxygens (including phenoxy) is 1. The molecule has 0 N–H and O–H groups in total. The van der Waals surface area contributed by atoms with Gasteiger partial charge in [-0.05, 0) is 18.8 Å². The van der Waals surface area contributed by atoms with Gasteiger partial charge in [-0.2, -0.15) is 0 Å². The zero-order chi connectivity index (χ0) is 9.40. The molecule has 0 saturated carbocycles. The fraction of sp³-hybridized carbons (Fsp3) is 1.00. The quantitative estimate of drug-likeness (QED) is 0.485. The molecule has 0 aliphatic heterocycles. The van der Waals surface area contributed by atoms with Crippen LogP contribution in [0.5, 0.6) is 0 Å². The summed E-state index contributed by atoms with van der Waals surface area (Å²) in [5.41, 5.74) is 0. The van der Waals surface area contributed by atoms with E-state index in [2.05, 4.69) is 36.7 Å². The average Bonchev–Trinajstić information content (AvgIpc) is 2.04. The number of halogens is 1. The van der Waals surface area contributed by atoms with Gasteiger partial charge in [0.15, 0.2) is 0 Å². The van der Waals surface area contributed by atoms with Gasteiger partial charge in [-0.3, -0.25) is 0 Å². The summed E-state index contributed by atoms with van der Waals surface area (Å²) >= 11 is 3.61. The fourth-order valence-electron chi connectivity index (χ4n) is 1.24. The van der Waals surface area contributed by atoms with E-state index in [1.165, 1.54) is 12.8 Å². The molecule has 0 aromatic heterocycles. The van der Waals surface area contributed by atoms with Crippen molar-refractivity contribution in [3.05, 3.63) is 0 Å². The third-order valence-electron chi connectivity index (χ3n) is 2.16. The fourth-order valence-corrected chi connectivity index (χ4v) is 1.88. The van der Waals surface area contributed by atoms with Crippen LogP contribution in [0.25, 0.3) is 0 Å². The van der Waals surface area contributed by atoms with Crippen molar-refractivity contribution in [3.8, 4) is 0 Å². The average molecular weight is 237 g/mol. The first kappa shape index (κ1) is 12.4. The Balaban J connectivity index is 3.32. The van der Waals surface area contributed by atoms with Gasteiger partial charge >= 0.3 is 0 Å². The first-order chi connectivity index (χ1) is 5.72. The highest BCUT2D eigenvalue weighted by Crippen LogP contribution is 2.19. The molecule has 0 amide bonds. The molecule has 0 heterocycles. The summed E-state index contributed by atoms with van der Waals surface area (Å²) in [4.78, 5) is 0.618. The maximum atomic E-state index is 5.44. The van der Waals surface area contributed by atoms with Crippen LogP contribution in [0, 0.1) is 5.92 Å². The van der Waals surface area contributed by atoms with Gasteiger partial charge in [0.25, 0.3) is 0 Å². The molecule has 2 heteroatoms. The summed E-state index contributed by atoms with van der Waals surface area (Å²) in [6, 6.07) is 0. The van der Waals surface area contributed by atoms with E-state index in [1.54, 1.807) is 0 Å². The molecule has 12 heavy (non-hydrogen) atoms. The standard InChI is InChI=1S/C10H21BrO/c1-4-7-12-8-6-10(5-2)9(3)11/h9-10H,4-8H2,1-3H3. The van der Waals surface area contributed by atoms with Crippen LogP contribution in [0.15, 0.2) is 0 Å². The molecule has 1 nitrogen and oxygen atoms in total. The highest BCUT2D eigenvalue weighted by Gasteiger charge is 2.11. The van der Waals surface area contributed by atoms with Gasteiger partial charge in [0, 0.05) is 18.0 Å². The van der Waals surface area contributed by atoms with Crippen molar-refractivity contribution < 1.29 is 4.74 Å². The molecule has 0 saturated heterocycles. The highest BCUT2D eigenvalue weighted by molar-refractivity contribution is 9.09. The molecule has 0 spiro atoms. The van der Waals surface area contributed by atoms with Crippen molar-refractivity contribution in [2.45, 2.75) is 44.9 Å². The molecule has 74 valence electrons. The summed E-state index contributed by atoms with van der Waals surface area (Å²) in [7, 11) is 0. The molecule has 0 aliphatic carbocycles. The van der Waals surface area contributed by atoms with E-state index in [0.717, 1.165) is 25.6 Å². The van der Waals surface area contributed by atoms with E-state index in [4.69, 9.17) is 4.74 Å². The third kappa shape index (κ3) is 6.01. The molecule has 0 aromatic rings. The van der Waals surface area contributed by atoms with E-state index in [0.29, 0.717) is 4.83 Å². The lowest BCUT2D eigenvalue weighted by Crippen LogP contribution is -2.13. The second-order valence-corrected chi connectivity index (χ2v) is 4.69. The summed E-state index contributed by atoms with van der Waals surface area (Å²) in [6.45, 7) is 8.43. The van der Waals surface area contributed by atoms with Crippen LogP contribution in [0.3, 0.4) is 0 Å². The Morgan fingerprint density at radius 1 is 1.25 bits per heavy atom. The Kier molecular flexibility index (Phi) is 8.35. The zero-order valence-corrected chi connectivity index (χ0v) is 10.1. The molecule has 0 radical (unpaired) electrons. The summed E-state index contributed by atoms with van der Waals surface area (Å²) in [5, 5.41) is 0. The Morgan fingerprint density at radius 2 is 1.92 bits per heavy atom. The molecule has 2 atom stereocenters. The molecule has 2 unspecified atom stereocenters. The van der Waals surface area contributed by atoms with Crippen LogP contribution >= 0.6 is 15.9 Å². The van der Waals surface area contributed by atoms with Crippen LogP contribution in [0.1, 0.15) is 40.0 Å². The number of rotatable bonds is 7. The molecular weight excluding hydrogens is 216 g/mol. The maximum Gasteiger partial charge on any atom is 0.0469 e. The van der Waals surface area contributed by atoms with Gasteiger partial charge in [-0.15, -0.1) is 0 Å². The van der Waals surface area contributed by atoms with Crippen LogP contribution in [0.4, 0.5) is 0 Å². The first-order valence-electron chi connectivity index (χ1n) is 4.94. The predicted octanol–water partition coefficient (Wildman–Crippen LogP) is 3.61. The minimum atomic E-state index is 0.618. The Bertz CT molecular complexity index is 93.8. The van der Waals surface area contributed by atoms with Crippen LogP contribution in [-0.2, 0) is 4.74 Å². The van der Waals surface area contributed by atoms with Crippen molar-refractivity contribution in [1.29, 1.82) is 0 Å². The van der Waals surface area contributed by atoms with Crippen molar-refractivity contribution in [2.24, 2.45) is 5.92 Å². The van der Waals surface area contributed by atoms with Gasteiger partial charge in [-0.25, -0.2) is 0 Å². The minimum Gasteiger partial charge on any atom is -0.381 e. The normalized spacial score (nSPS) is 16.0. The minimum absolute atomic E-state index is 0.618. The summed E-state index contributed by atoms with van der Waals surface area (Å²) in [5.74, 6) is 0.766. The van der Waals surface area contributed by atoms with Crippen molar-refractivity contribution >= 4 is 15.9 Å². The third-order valence-corrected chi connectivity index (χ3v) is 2.90. The Hall–Kier alpha value is 0.440. The van der Waals surface area contributed by atoms with E-state index in [1.807, 2.05) is 0 Å². The van der Waals surface area contributed by atoms with Crippen LogP contribution < -0.4 is 0 Å². The van der Waals surface area contributed by atoms with Crippen LogP contribution in [0.2, 0.25) is 0 Å². The van der Waals surface area contributed by atoms with Crippen LogP contribution in [-0.4, -0.2) is 18.0 Å². The van der Waals surface area contributed by atoms with Gasteiger partial charge in [-0.1, -0.05) is 43.1 Å². The highest BCUT2D eigenvalue weighted by atomic mass is 79.9. The van der Waals surface area contributed by atoms with Crippen molar-refractivity contribution in [3.63, 3.8) is 0 Å². The van der Waals surface area contributed by atoms with Gasteiger partial charge in [0.2, 0.25) is 0 Å². The lowest BCUT2D eigenvalue weighted by atomic mass is 10.0. The van der Waals surface area contributed by atoms with Gasteiger partial charge in [0.1, 0.15) is 0 Å². The summed E-state index contributed by atoms with van der Waals surface area (Å²) in [6.07, 6.45) is 3.55. The topological polar surface area (TPSA) is 9.23 Å². The van der Waals surface area contributed by atoms with Crippen molar-refractivity contribution in [1.82, 2.24) is 0 Å². The van der Waals surface area contributed by atoms with Gasteiger partial charge < -0.3 is 4.74 Å². The second-order valence-electron chi connectivity index (χ2n) is 3.25. The summed E-state index contributed by atoms with van der Waals surface area (Å²) < 4.78 is 5.44. The second kappa shape index (κ2) is 8.06. The molecule has 0 aromatic carbocycles. The van der Waals surface area contributed by atoms with Gasteiger partial charge in [0.05, 0.1) is 0 Å². The first-order valence-corrected chi connectivity index (χ1v) is 5.85. The van der Waals surface area contributed by atoms with Crippen molar-refractivity contribution in [2.75, 3.05) is 13.2 Å². The molecule has 0 fully saturated rings. The van der Waals surface area contributed by atoms with E-state index in [-0.39, 0.29) is 0 Å². The monoisotopic (exact) mass is 236 g/mol. The number of alkyl halides is 1. The SMILES string of the molecule is CCCOCCC(CC)C(C)Br. The number of hydrogen-bond acceptors (Lipinski definition) is 1. The Morgan fingerprint density at radius 3 is 2.33 bits per heavy atom. The smallest absolute Gasteiger partial charge is 0.0469 e. The molecular formula is C10H21BrO. The van der Waals surface area contributed by atoms with E-state index in [9.17, 15) is 0 Å². The lowest BCUT2D eigenvalue weighted by molar-refractivity contribution is 0.120. The molecule has 0 aliphatic rings. The lowest BCUT2D eigenvalue weighted by Gasteiger charge is -2.17. The maximum absolute atomic E-state index is 5.44. The largest absolute Gasteiger partial charge is 0.381 e. The molecule has 0 bridgehead atoms. The van der Waals surface area contributed by atoms with E-state index < -0.39 is 0 Å². The number of hydrogen-bond donors (Lipinski definition) is 0. The zero-order valence-electron chi connectivity index (χ0n) is 8.48. The van der Waals surface area contributed by atoms with E-state index >= 15 is 0 Å². The molecule has 0 rings (SSSR count).